The number of hydrogen-bond acceptors (Lipinski definition) is 14. The first-order valence-electron chi connectivity index (χ1n) is 10.5. The number of ether oxygens (including phenoxy) is 1. The fourth-order valence-corrected chi connectivity index (χ4v) is 6.79. The Morgan fingerprint density at radius 2 is 1.86 bits per heavy atom. The Morgan fingerprint density at radius 3 is 2.47 bits per heavy atom. The third-order valence-electron chi connectivity index (χ3n) is 5.56. The van der Waals surface area contributed by atoms with Gasteiger partial charge in [0.2, 0.25) is 0 Å². The van der Waals surface area contributed by atoms with Gasteiger partial charge in [0.05, 0.1) is 6.61 Å². The number of fused-ring (bicyclic) bond motifs is 1. The SMILES string of the molecule is CCC(C)CC1(N)N=CN=C2C1=NCN2[C@@H]1O[C@H](COP(=O)(O)OP(=O)(O)OP(=O)(O)O)[C@@H](O)[C@H]1O. The van der Waals surface area contributed by atoms with Crippen LogP contribution in [-0.2, 0) is 31.6 Å². The topological polar surface area (TPSA) is 276 Å². The molecule has 0 amide bonds. The number of hydrogen-bond donors (Lipinski definition) is 7. The summed E-state index contributed by atoms with van der Waals surface area (Å²) in [4.78, 5) is 50.2. The van der Waals surface area contributed by atoms with E-state index in [0.29, 0.717) is 12.1 Å². The van der Waals surface area contributed by atoms with Crippen molar-refractivity contribution in [2.24, 2.45) is 26.6 Å². The van der Waals surface area contributed by atoms with Crippen LogP contribution in [0.1, 0.15) is 26.7 Å². The van der Waals surface area contributed by atoms with Crippen molar-refractivity contribution in [3.63, 3.8) is 0 Å². The summed E-state index contributed by atoms with van der Waals surface area (Å²) in [6.45, 7) is 3.02. The highest BCUT2D eigenvalue weighted by molar-refractivity contribution is 7.66. The zero-order valence-electron chi connectivity index (χ0n) is 19.0. The number of aliphatic hydroxyl groups excluding tert-OH is 2. The molecule has 8 N–H and O–H groups in total. The molecule has 0 aliphatic carbocycles. The number of nitrogens with two attached hydrogens (primary N) is 1. The summed E-state index contributed by atoms with van der Waals surface area (Å²) in [6, 6.07) is 0. The quantitative estimate of drug-likeness (QED) is 0.145. The lowest BCUT2D eigenvalue weighted by Gasteiger charge is -2.33. The second-order valence-electron chi connectivity index (χ2n) is 8.39. The minimum Gasteiger partial charge on any atom is -0.387 e. The number of aliphatic hydroxyl groups is 2. The molecule has 3 aliphatic rings. The van der Waals surface area contributed by atoms with Crippen molar-refractivity contribution in [2.45, 2.75) is 56.9 Å². The largest absolute Gasteiger partial charge is 0.490 e. The fraction of sp³-hybridized carbons (Fsp3) is 0.800. The summed E-state index contributed by atoms with van der Waals surface area (Å²) in [7, 11) is -16.7. The molecule has 1 fully saturated rings. The maximum Gasteiger partial charge on any atom is 0.490 e. The molecule has 36 heavy (non-hydrogen) atoms. The van der Waals surface area contributed by atoms with E-state index >= 15 is 0 Å². The normalized spacial score (nSPS) is 34.5. The van der Waals surface area contributed by atoms with Crippen LogP contribution in [0, 0.1) is 5.92 Å². The van der Waals surface area contributed by atoms with Gasteiger partial charge < -0.3 is 45.2 Å². The van der Waals surface area contributed by atoms with Gasteiger partial charge in [0.15, 0.2) is 17.7 Å². The second-order valence-corrected chi connectivity index (χ2v) is 12.8. The molecule has 3 aliphatic heterocycles. The molecule has 4 unspecified atom stereocenters. The number of aliphatic imine (C=N–C) groups is 3. The Kier molecular flexibility index (Phi) is 8.78. The number of nitrogens with zero attached hydrogens (tertiary/aromatic N) is 4. The molecule has 18 nitrogen and oxygen atoms in total. The van der Waals surface area contributed by atoms with Crippen LogP contribution in [-0.4, -0.2) is 96.1 Å². The number of phosphoric acid groups is 3. The highest BCUT2D eigenvalue weighted by Crippen LogP contribution is 2.66. The van der Waals surface area contributed by atoms with Crippen molar-refractivity contribution in [3.8, 4) is 0 Å². The van der Waals surface area contributed by atoms with Crippen molar-refractivity contribution < 1.29 is 61.4 Å². The lowest BCUT2D eigenvalue weighted by atomic mass is 9.90. The summed E-state index contributed by atoms with van der Waals surface area (Å²) in [5.74, 6) is 0.484. The van der Waals surface area contributed by atoms with Crippen LogP contribution in [0.15, 0.2) is 15.0 Å². The van der Waals surface area contributed by atoms with Gasteiger partial charge in [-0.3, -0.25) is 9.52 Å². The van der Waals surface area contributed by atoms with Gasteiger partial charge in [-0.1, -0.05) is 20.3 Å². The van der Waals surface area contributed by atoms with E-state index in [1.165, 1.54) is 11.2 Å². The van der Waals surface area contributed by atoms with Gasteiger partial charge in [0, 0.05) is 0 Å². The first-order chi connectivity index (χ1) is 16.5. The molecule has 0 bridgehead atoms. The van der Waals surface area contributed by atoms with Gasteiger partial charge >= 0.3 is 23.5 Å². The first-order valence-corrected chi connectivity index (χ1v) is 15.0. The zero-order chi connectivity index (χ0) is 27.1. The van der Waals surface area contributed by atoms with Gasteiger partial charge in [-0.2, -0.15) is 8.62 Å². The average Bonchev–Trinajstić information content (AvgIpc) is 3.26. The van der Waals surface area contributed by atoms with Crippen molar-refractivity contribution in [3.05, 3.63) is 0 Å². The summed E-state index contributed by atoms with van der Waals surface area (Å²) in [5, 5.41) is 20.9. The smallest absolute Gasteiger partial charge is 0.387 e. The van der Waals surface area contributed by atoms with Crippen LogP contribution in [0.25, 0.3) is 0 Å². The average molecular weight is 579 g/mol. The van der Waals surface area contributed by atoms with Gasteiger partial charge in [-0.25, -0.2) is 23.7 Å². The molecule has 3 heterocycles. The molecule has 0 spiro atoms. The monoisotopic (exact) mass is 579 g/mol. The third-order valence-corrected chi connectivity index (χ3v) is 9.36. The minimum absolute atomic E-state index is 0.0476. The highest BCUT2D eigenvalue weighted by Gasteiger charge is 2.51. The van der Waals surface area contributed by atoms with E-state index < -0.39 is 60.3 Å². The molecule has 1 saturated heterocycles. The van der Waals surface area contributed by atoms with E-state index in [1.54, 1.807) is 0 Å². The van der Waals surface area contributed by atoms with Crippen LogP contribution >= 0.6 is 23.5 Å². The van der Waals surface area contributed by atoms with Crippen LogP contribution in [0.3, 0.4) is 0 Å². The lowest BCUT2D eigenvalue weighted by molar-refractivity contribution is -0.0680. The molecule has 0 aromatic rings. The molecular formula is C15H28N5O13P3. The fourth-order valence-electron chi connectivity index (χ4n) is 3.76. The molecule has 8 atom stereocenters. The Hall–Kier alpha value is -0.940. The number of rotatable bonds is 11. The predicted molar refractivity (Wildman–Crippen MR) is 122 cm³/mol. The molecule has 0 aromatic carbocycles. The minimum atomic E-state index is -5.71. The van der Waals surface area contributed by atoms with Gasteiger partial charge in [0.1, 0.15) is 37.0 Å². The lowest BCUT2D eigenvalue weighted by Crippen LogP contribution is -2.56. The molecule has 0 saturated carbocycles. The Labute approximate surface area is 204 Å². The van der Waals surface area contributed by atoms with Gasteiger partial charge in [-0.15, -0.1) is 0 Å². The molecular weight excluding hydrogens is 551 g/mol. The maximum atomic E-state index is 11.9. The van der Waals surface area contributed by atoms with Gasteiger partial charge in [0.25, 0.3) is 0 Å². The van der Waals surface area contributed by atoms with Gasteiger partial charge in [-0.05, 0) is 12.3 Å². The first kappa shape index (κ1) is 29.6. The van der Waals surface area contributed by atoms with Crippen LogP contribution in [0.5, 0.6) is 0 Å². The third kappa shape index (κ3) is 6.92. The van der Waals surface area contributed by atoms with Crippen molar-refractivity contribution in [2.75, 3.05) is 13.3 Å². The van der Waals surface area contributed by atoms with Crippen LogP contribution in [0.4, 0.5) is 0 Å². The Balaban J connectivity index is 1.65. The van der Waals surface area contributed by atoms with E-state index in [4.69, 9.17) is 20.3 Å². The van der Waals surface area contributed by atoms with E-state index in [1.807, 2.05) is 13.8 Å². The standard InChI is InChI=1S/C15H28N5O13P3/c1-3-8(2)4-15(16)12-13(17-6-19-15)20(7-18-12)14-11(22)10(21)9(31-14)5-30-35(26,27)33-36(28,29)32-34(23,24)25/h6,8-11,14,21-22H,3-5,7,16H2,1-2H3,(H,26,27)(H,28,29)(H2,23,24,25)/t8?,9-,10-,11-,14-,15?/m1/s1. The van der Waals surface area contributed by atoms with Crippen LogP contribution < -0.4 is 5.73 Å². The highest BCUT2D eigenvalue weighted by atomic mass is 31.3. The molecule has 0 aromatic heterocycles. The maximum absolute atomic E-state index is 11.9. The summed E-state index contributed by atoms with van der Waals surface area (Å²) in [5.41, 5.74) is 5.69. The molecule has 3 rings (SSSR count). The Morgan fingerprint density at radius 1 is 1.19 bits per heavy atom. The summed E-state index contributed by atoms with van der Waals surface area (Å²) in [6.07, 6.45) is -3.32. The van der Waals surface area contributed by atoms with Crippen LogP contribution in [0.2, 0.25) is 0 Å². The molecule has 206 valence electrons. The molecule has 21 heteroatoms. The molecule has 0 radical (unpaired) electrons. The summed E-state index contributed by atoms with van der Waals surface area (Å²) < 4.78 is 51.4. The van der Waals surface area contributed by atoms with E-state index in [9.17, 15) is 33.7 Å². The van der Waals surface area contributed by atoms with Crippen molar-refractivity contribution in [1.82, 2.24) is 4.90 Å². The number of amidine groups is 1. The summed E-state index contributed by atoms with van der Waals surface area (Å²) >= 11 is 0. The van der Waals surface area contributed by atoms with E-state index in [-0.39, 0.29) is 18.4 Å². The number of phosphoric ester groups is 1. The van der Waals surface area contributed by atoms with E-state index in [2.05, 4.69) is 28.1 Å². The zero-order valence-corrected chi connectivity index (χ0v) is 21.7. The van der Waals surface area contributed by atoms with Crippen molar-refractivity contribution >= 4 is 41.4 Å². The second kappa shape index (κ2) is 10.7. The predicted octanol–water partition coefficient (Wildman–Crippen LogP) is -0.978. The van der Waals surface area contributed by atoms with E-state index in [0.717, 1.165) is 6.42 Å². The Bertz CT molecular complexity index is 1080. The van der Waals surface area contributed by atoms with Crippen molar-refractivity contribution in [1.29, 1.82) is 0 Å².